The highest BCUT2D eigenvalue weighted by Gasteiger charge is 2.24. The first-order chi connectivity index (χ1) is 12.9. The number of amides is 1. The molecule has 1 N–H and O–H groups in total. The van der Waals surface area contributed by atoms with Gasteiger partial charge in [0.25, 0.3) is 0 Å². The van der Waals surface area contributed by atoms with Crippen molar-refractivity contribution in [3.05, 3.63) is 16.5 Å². The lowest BCUT2D eigenvalue weighted by Gasteiger charge is -2.22. The van der Waals surface area contributed by atoms with Crippen LogP contribution in [0.2, 0.25) is 0 Å². The molecule has 1 unspecified atom stereocenters. The van der Waals surface area contributed by atoms with Gasteiger partial charge >= 0.3 is 5.97 Å². The molecule has 1 aromatic heterocycles. The van der Waals surface area contributed by atoms with Crippen molar-refractivity contribution >= 4 is 28.2 Å². The van der Waals surface area contributed by atoms with Crippen LogP contribution in [0.3, 0.4) is 0 Å². The summed E-state index contributed by atoms with van der Waals surface area (Å²) in [5, 5.41) is 5.48. The van der Waals surface area contributed by atoms with Crippen LogP contribution in [0.4, 0.5) is 5.00 Å². The molecule has 152 valence electrons. The lowest BCUT2D eigenvalue weighted by atomic mass is 10.0. The number of thiophene rings is 1. The summed E-state index contributed by atoms with van der Waals surface area (Å²) in [6, 6.07) is 0. The lowest BCUT2D eigenvalue weighted by Crippen LogP contribution is -2.36. The smallest absolute Gasteiger partial charge is 0.341 e. The van der Waals surface area contributed by atoms with Crippen LogP contribution in [0, 0.1) is 11.8 Å². The predicted molar refractivity (Wildman–Crippen MR) is 108 cm³/mol. The molecule has 1 atom stereocenters. The van der Waals surface area contributed by atoms with Gasteiger partial charge in [0.1, 0.15) is 5.00 Å². The Balaban J connectivity index is 2.04. The van der Waals surface area contributed by atoms with Crippen LogP contribution in [-0.2, 0) is 20.7 Å². The molecule has 1 fully saturated rings. The van der Waals surface area contributed by atoms with Crippen molar-refractivity contribution in [2.45, 2.75) is 40.5 Å². The molecular weight excluding hydrogens is 364 g/mol. The number of carbonyl (C=O) groups excluding carboxylic acids is 2. The van der Waals surface area contributed by atoms with Crippen LogP contribution in [0.1, 0.15) is 50.0 Å². The molecular formula is C20H32N2O4S. The van der Waals surface area contributed by atoms with Gasteiger partial charge in [0, 0.05) is 13.2 Å². The average molecular weight is 397 g/mol. The topological polar surface area (TPSA) is 67.9 Å². The van der Waals surface area contributed by atoms with Gasteiger partial charge in [0.2, 0.25) is 5.91 Å². The third-order valence-electron chi connectivity index (χ3n) is 4.58. The Morgan fingerprint density at radius 2 is 2.19 bits per heavy atom. The van der Waals surface area contributed by atoms with Crippen LogP contribution >= 0.6 is 11.3 Å². The van der Waals surface area contributed by atoms with E-state index in [1.807, 2.05) is 5.38 Å². The summed E-state index contributed by atoms with van der Waals surface area (Å²) in [6.07, 6.45) is 1.83. The molecule has 1 amide bonds. The summed E-state index contributed by atoms with van der Waals surface area (Å²) in [4.78, 5) is 27.1. The van der Waals surface area contributed by atoms with E-state index < -0.39 is 0 Å². The molecule has 2 heterocycles. The second kappa shape index (κ2) is 10.8. The van der Waals surface area contributed by atoms with E-state index in [1.54, 1.807) is 6.92 Å². The number of nitrogens with zero attached hydrogens (tertiary/aromatic N) is 1. The van der Waals surface area contributed by atoms with Crippen molar-refractivity contribution in [2.75, 3.05) is 44.8 Å². The van der Waals surface area contributed by atoms with E-state index in [0.717, 1.165) is 44.7 Å². The van der Waals surface area contributed by atoms with Crippen molar-refractivity contribution in [1.82, 2.24) is 4.90 Å². The highest BCUT2D eigenvalue weighted by molar-refractivity contribution is 7.15. The molecule has 0 bridgehead atoms. The molecule has 6 nitrogen and oxygen atoms in total. The van der Waals surface area contributed by atoms with Crippen LogP contribution in [0.25, 0.3) is 0 Å². The Bertz CT molecular complexity index is 623. The Labute approximate surface area is 166 Å². The molecule has 27 heavy (non-hydrogen) atoms. The largest absolute Gasteiger partial charge is 0.462 e. The first-order valence-corrected chi connectivity index (χ1v) is 10.7. The number of hydrogen-bond donors (Lipinski definition) is 1. The minimum absolute atomic E-state index is 0.0979. The number of nitrogens with one attached hydrogen (secondary N) is 1. The zero-order valence-corrected chi connectivity index (χ0v) is 17.7. The summed E-state index contributed by atoms with van der Waals surface area (Å²) >= 11 is 1.40. The van der Waals surface area contributed by atoms with Crippen LogP contribution < -0.4 is 5.32 Å². The quantitative estimate of drug-likeness (QED) is 0.614. The molecule has 0 spiro atoms. The van der Waals surface area contributed by atoms with Gasteiger partial charge in [0.05, 0.1) is 25.3 Å². The molecule has 0 aliphatic carbocycles. The van der Waals surface area contributed by atoms with E-state index in [2.05, 4.69) is 31.0 Å². The van der Waals surface area contributed by atoms with Gasteiger partial charge in [-0.15, -0.1) is 11.3 Å². The Morgan fingerprint density at radius 3 is 2.78 bits per heavy atom. The van der Waals surface area contributed by atoms with Gasteiger partial charge in [-0.2, -0.15) is 0 Å². The molecule has 1 aromatic rings. The fourth-order valence-corrected chi connectivity index (χ4v) is 4.25. The van der Waals surface area contributed by atoms with Gasteiger partial charge in [0.15, 0.2) is 0 Å². The van der Waals surface area contributed by atoms with E-state index >= 15 is 0 Å². The highest BCUT2D eigenvalue weighted by atomic mass is 32.1. The molecule has 2 rings (SSSR count). The second-order valence-corrected chi connectivity index (χ2v) is 8.27. The zero-order valence-electron chi connectivity index (χ0n) is 16.9. The molecule has 0 aromatic carbocycles. The van der Waals surface area contributed by atoms with Gasteiger partial charge in [-0.3, -0.25) is 9.69 Å². The minimum Gasteiger partial charge on any atom is -0.462 e. The monoisotopic (exact) mass is 396 g/mol. The highest BCUT2D eigenvalue weighted by Crippen LogP contribution is 2.31. The van der Waals surface area contributed by atoms with Crippen LogP contribution in [0.15, 0.2) is 5.38 Å². The van der Waals surface area contributed by atoms with Crippen molar-refractivity contribution < 1.29 is 19.1 Å². The Hall–Kier alpha value is -1.44. The fourth-order valence-electron chi connectivity index (χ4n) is 3.27. The zero-order chi connectivity index (χ0) is 19.8. The van der Waals surface area contributed by atoms with Crippen molar-refractivity contribution in [3.8, 4) is 0 Å². The van der Waals surface area contributed by atoms with Gasteiger partial charge in [-0.1, -0.05) is 20.8 Å². The van der Waals surface area contributed by atoms with Crippen LogP contribution in [-0.4, -0.2) is 56.2 Å². The third kappa shape index (κ3) is 6.59. The third-order valence-corrected chi connectivity index (χ3v) is 5.53. The molecule has 7 heteroatoms. The van der Waals surface area contributed by atoms with E-state index in [1.165, 1.54) is 11.3 Å². The van der Waals surface area contributed by atoms with Gasteiger partial charge in [-0.25, -0.2) is 4.79 Å². The number of hydrogen-bond acceptors (Lipinski definition) is 6. The number of ether oxygens (including phenoxy) is 2. The van der Waals surface area contributed by atoms with E-state index in [-0.39, 0.29) is 11.9 Å². The first kappa shape index (κ1) is 21.9. The molecule has 0 saturated carbocycles. The Morgan fingerprint density at radius 1 is 1.41 bits per heavy atom. The molecule has 1 aliphatic heterocycles. The maximum absolute atomic E-state index is 12.6. The fraction of sp³-hybridized carbons (Fsp3) is 0.700. The van der Waals surface area contributed by atoms with E-state index in [4.69, 9.17) is 9.47 Å². The first-order valence-electron chi connectivity index (χ1n) is 9.81. The number of rotatable bonds is 10. The normalized spacial score (nSPS) is 16.9. The van der Waals surface area contributed by atoms with E-state index in [0.29, 0.717) is 35.6 Å². The predicted octanol–water partition coefficient (Wildman–Crippen LogP) is 3.42. The minimum atomic E-state index is -0.361. The summed E-state index contributed by atoms with van der Waals surface area (Å²) in [7, 11) is 0. The summed E-state index contributed by atoms with van der Waals surface area (Å²) < 4.78 is 10.6. The van der Waals surface area contributed by atoms with Gasteiger partial charge < -0.3 is 14.8 Å². The van der Waals surface area contributed by atoms with Crippen LogP contribution in [0.5, 0.6) is 0 Å². The maximum atomic E-state index is 12.6. The molecule has 0 radical (unpaired) electrons. The number of carbonyl (C=O) groups is 2. The second-order valence-electron chi connectivity index (χ2n) is 7.39. The van der Waals surface area contributed by atoms with Crippen molar-refractivity contribution in [2.24, 2.45) is 11.8 Å². The SMILES string of the molecule is CCOC(=O)c1c(CC(C)C)csc1NC(=O)CN(CC)CC1CCOC1. The summed E-state index contributed by atoms with van der Waals surface area (Å²) in [6.45, 7) is 11.9. The summed E-state index contributed by atoms with van der Waals surface area (Å²) in [5.41, 5.74) is 1.45. The van der Waals surface area contributed by atoms with E-state index in [9.17, 15) is 9.59 Å². The van der Waals surface area contributed by atoms with Crippen molar-refractivity contribution in [3.63, 3.8) is 0 Å². The molecule has 1 aliphatic rings. The Kier molecular flexibility index (Phi) is 8.73. The van der Waals surface area contributed by atoms with Crippen molar-refractivity contribution in [1.29, 1.82) is 0 Å². The lowest BCUT2D eigenvalue weighted by molar-refractivity contribution is -0.117. The number of likely N-dealkylation sites (N-methyl/N-ethyl adjacent to an activating group) is 1. The van der Waals surface area contributed by atoms with Gasteiger partial charge in [-0.05, 0) is 49.1 Å². The molecule has 1 saturated heterocycles. The number of esters is 1. The number of anilines is 1. The summed E-state index contributed by atoms with van der Waals surface area (Å²) in [5.74, 6) is 0.451. The standard InChI is InChI=1S/C20H32N2O4S/c1-5-22(10-15-7-8-25-12-15)11-17(23)21-19-18(20(24)26-6-2)16(13-27-19)9-14(3)4/h13-15H,5-12H2,1-4H3,(H,21,23). The average Bonchev–Trinajstić information content (AvgIpc) is 3.24. The maximum Gasteiger partial charge on any atom is 0.341 e.